The van der Waals surface area contributed by atoms with Crippen LogP contribution >= 0.6 is 0 Å². The first-order valence-corrected chi connectivity index (χ1v) is 12.9. The van der Waals surface area contributed by atoms with Gasteiger partial charge in [0.25, 0.3) is 0 Å². The fourth-order valence-electron chi connectivity index (χ4n) is 5.98. The molecule has 0 bridgehead atoms. The SMILES string of the molecule is CCCCCCCC1(OC2(CCCCCCC)CCC2CC)CCC1CC. The third kappa shape index (κ3) is 5.97. The molecule has 2 aliphatic rings. The third-order valence-electron chi connectivity index (χ3n) is 8.12. The highest BCUT2D eigenvalue weighted by molar-refractivity contribution is 5.05. The lowest BCUT2D eigenvalue weighted by Gasteiger charge is -2.60. The van der Waals surface area contributed by atoms with Crippen molar-refractivity contribution in [2.45, 2.75) is 154 Å². The molecule has 4 unspecified atom stereocenters. The average molecular weight is 379 g/mol. The van der Waals surface area contributed by atoms with E-state index in [-0.39, 0.29) is 11.2 Å². The summed E-state index contributed by atoms with van der Waals surface area (Å²) in [6.07, 6.45) is 24.8. The van der Waals surface area contributed by atoms with Gasteiger partial charge in [0, 0.05) is 0 Å². The molecule has 160 valence electrons. The van der Waals surface area contributed by atoms with E-state index in [2.05, 4.69) is 27.7 Å². The standard InChI is InChI=1S/C26H50O/c1-5-9-11-13-15-19-25(21-17-23(25)7-3)27-26(22-18-24(26)8-4)20-16-14-12-10-6-2/h23-24H,5-22H2,1-4H3. The van der Waals surface area contributed by atoms with Crippen LogP contribution in [-0.4, -0.2) is 11.2 Å². The Morgan fingerprint density at radius 3 is 1.30 bits per heavy atom. The topological polar surface area (TPSA) is 9.23 Å². The van der Waals surface area contributed by atoms with Gasteiger partial charge >= 0.3 is 0 Å². The van der Waals surface area contributed by atoms with Crippen molar-refractivity contribution in [1.82, 2.24) is 0 Å². The molecular formula is C26H50O. The Morgan fingerprint density at radius 2 is 1.00 bits per heavy atom. The zero-order chi connectivity index (χ0) is 19.6. The van der Waals surface area contributed by atoms with Crippen LogP contribution < -0.4 is 0 Å². The maximum Gasteiger partial charge on any atom is 0.0718 e. The minimum absolute atomic E-state index is 0.248. The Balaban J connectivity index is 1.94. The Hall–Kier alpha value is -0.0400. The van der Waals surface area contributed by atoms with E-state index in [9.17, 15) is 0 Å². The lowest BCUT2D eigenvalue weighted by atomic mass is 9.61. The van der Waals surface area contributed by atoms with Gasteiger partial charge in [0.05, 0.1) is 11.2 Å². The quantitative estimate of drug-likeness (QED) is 0.244. The van der Waals surface area contributed by atoms with Crippen molar-refractivity contribution < 1.29 is 4.74 Å². The number of hydrogen-bond donors (Lipinski definition) is 0. The Morgan fingerprint density at radius 1 is 0.593 bits per heavy atom. The second kappa shape index (κ2) is 11.8. The predicted molar refractivity (Wildman–Crippen MR) is 119 cm³/mol. The van der Waals surface area contributed by atoms with Gasteiger partial charge in [0.15, 0.2) is 0 Å². The summed E-state index contributed by atoms with van der Waals surface area (Å²) in [5, 5.41) is 0. The molecule has 0 radical (unpaired) electrons. The number of rotatable bonds is 16. The molecule has 0 saturated heterocycles. The van der Waals surface area contributed by atoms with Gasteiger partial charge in [-0.1, -0.05) is 105 Å². The maximum atomic E-state index is 7.32. The smallest absolute Gasteiger partial charge is 0.0718 e. The third-order valence-corrected chi connectivity index (χ3v) is 8.12. The average Bonchev–Trinajstić information content (AvgIpc) is 2.64. The van der Waals surface area contributed by atoms with E-state index in [1.807, 2.05) is 0 Å². The van der Waals surface area contributed by atoms with E-state index >= 15 is 0 Å². The summed E-state index contributed by atoms with van der Waals surface area (Å²) in [4.78, 5) is 0. The Bertz CT molecular complexity index is 352. The van der Waals surface area contributed by atoms with Gasteiger partial charge in [-0.2, -0.15) is 0 Å². The van der Waals surface area contributed by atoms with Crippen LogP contribution in [0.25, 0.3) is 0 Å². The van der Waals surface area contributed by atoms with Crippen molar-refractivity contribution in [2.24, 2.45) is 11.8 Å². The van der Waals surface area contributed by atoms with Crippen LogP contribution in [0, 0.1) is 11.8 Å². The van der Waals surface area contributed by atoms with Gasteiger partial charge < -0.3 is 4.74 Å². The fourth-order valence-corrected chi connectivity index (χ4v) is 5.98. The Labute approximate surface area is 171 Å². The summed E-state index contributed by atoms with van der Waals surface area (Å²) in [6.45, 7) is 9.42. The van der Waals surface area contributed by atoms with Crippen LogP contribution in [0.2, 0.25) is 0 Å². The van der Waals surface area contributed by atoms with Crippen LogP contribution in [0.3, 0.4) is 0 Å². The van der Waals surface area contributed by atoms with E-state index < -0.39 is 0 Å². The molecule has 0 aliphatic heterocycles. The molecule has 2 fully saturated rings. The zero-order valence-electron chi connectivity index (χ0n) is 19.3. The molecule has 2 aliphatic carbocycles. The predicted octanol–water partition coefficient (Wildman–Crippen LogP) is 8.84. The van der Waals surface area contributed by atoms with Crippen molar-refractivity contribution in [3.8, 4) is 0 Å². The van der Waals surface area contributed by atoms with Crippen molar-refractivity contribution in [3.05, 3.63) is 0 Å². The van der Waals surface area contributed by atoms with Gasteiger partial charge in [0.2, 0.25) is 0 Å². The van der Waals surface area contributed by atoms with E-state index in [1.165, 1.54) is 116 Å². The molecule has 2 rings (SSSR count). The van der Waals surface area contributed by atoms with Crippen LogP contribution in [0.5, 0.6) is 0 Å². The minimum atomic E-state index is 0.248. The molecule has 2 saturated carbocycles. The van der Waals surface area contributed by atoms with Gasteiger partial charge in [-0.15, -0.1) is 0 Å². The first-order chi connectivity index (χ1) is 13.2. The van der Waals surface area contributed by atoms with Gasteiger partial charge in [-0.3, -0.25) is 0 Å². The summed E-state index contributed by atoms with van der Waals surface area (Å²) < 4.78 is 7.32. The van der Waals surface area contributed by atoms with Crippen molar-refractivity contribution in [1.29, 1.82) is 0 Å². The van der Waals surface area contributed by atoms with Gasteiger partial charge in [0.1, 0.15) is 0 Å². The first kappa shape index (κ1) is 23.2. The molecule has 0 aromatic carbocycles. The lowest BCUT2D eigenvalue weighted by Crippen LogP contribution is -2.60. The summed E-state index contributed by atoms with van der Waals surface area (Å²) in [6, 6.07) is 0. The minimum Gasteiger partial charge on any atom is -0.368 e. The van der Waals surface area contributed by atoms with Gasteiger partial charge in [-0.05, 0) is 50.4 Å². The molecule has 27 heavy (non-hydrogen) atoms. The monoisotopic (exact) mass is 378 g/mol. The highest BCUT2D eigenvalue weighted by Crippen LogP contribution is 2.56. The molecule has 4 atom stereocenters. The largest absolute Gasteiger partial charge is 0.368 e. The molecule has 0 spiro atoms. The summed E-state index contributed by atoms with van der Waals surface area (Å²) >= 11 is 0. The fraction of sp³-hybridized carbons (Fsp3) is 1.00. The van der Waals surface area contributed by atoms with E-state index in [0.717, 1.165) is 11.8 Å². The lowest BCUT2D eigenvalue weighted by molar-refractivity contribution is -0.275. The molecule has 0 aromatic heterocycles. The second-order valence-electron chi connectivity index (χ2n) is 9.85. The van der Waals surface area contributed by atoms with Gasteiger partial charge in [-0.25, -0.2) is 0 Å². The zero-order valence-corrected chi connectivity index (χ0v) is 19.3. The second-order valence-corrected chi connectivity index (χ2v) is 9.85. The van der Waals surface area contributed by atoms with Crippen LogP contribution in [0.1, 0.15) is 143 Å². The molecule has 0 N–H and O–H groups in total. The Kier molecular flexibility index (Phi) is 10.2. The van der Waals surface area contributed by atoms with Crippen molar-refractivity contribution in [2.75, 3.05) is 0 Å². The van der Waals surface area contributed by atoms with Crippen LogP contribution in [0.4, 0.5) is 0 Å². The molecule has 1 nitrogen and oxygen atoms in total. The summed E-state index contributed by atoms with van der Waals surface area (Å²) in [5.74, 6) is 1.66. The van der Waals surface area contributed by atoms with Crippen molar-refractivity contribution in [3.63, 3.8) is 0 Å². The highest BCUT2D eigenvalue weighted by atomic mass is 16.5. The van der Waals surface area contributed by atoms with E-state index in [0.29, 0.717) is 0 Å². The number of unbranched alkanes of at least 4 members (excludes halogenated alkanes) is 8. The van der Waals surface area contributed by atoms with Crippen LogP contribution in [-0.2, 0) is 4.74 Å². The molecule has 0 aromatic rings. The summed E-state index contributed by atoms with van der Waals surface area (Å²) in [7, 11) is 0. The van der Waals surface area contributed by atoms with E-state index in [1.54, 1.807) is 0 Å². The highest BCUT2D eigenvalue weighted by Gasteiger charge is 2.55. The molecule has 0 heterocycles. The normalized spacial score (nSPS) is 32.9. The number of hydrogen-bond acceptors (Lipinski definition) is 1. The molecule has 1 heteroatoms. The molecule has 0 amide bonds. The van der Waals surface area contributed by atoms with Crippen molar-refractivity contribution >= 4 is 0 Å². The number of ether oxygens (including phenoxy) is 1. The first-order valence-electron chi connectivity index (χ1n) is 12.9. The van der Waals surface area contributed by atoms with Crippen LogP contribution in [0.15, 0.2) is 0 Å². The molecular weight excluding hydrogens is 328 g/mol. The summed E-state index contributed by atoms with van der Waals surface area (Å²) in [5.41, 5.74) is 0.496. The maximum absolute atomic E-state index is 7.32. The van der Waals surface area contributed by atoms with E-state index in [4.69, 9.17) is 4.74 Å².